The van der Waals surface area contributed by atoms with Gasteiger partial charge in [0.2, 0.25) is 0 Å². The molecule has 7 heteroatoms. The third kappa shape index (κ3) is 3.69. The molecule has 4 rings (SSSR count). The van der Waals surface area contributed by atoms with Crippen LogP contribution in [0.15, 0.2) is 18.2 Å². The number of fused-ring (bicyclic) bond motifs is 1. The van der Waals surface area contributed by atoms with Crippen molar-refractivity contribution in [1.82, 2.24) is 15.5 Å². The minimum atomic E-state index is -2.61. The van der Waals surface area contributed by atoms with Gasteiger partial charge in [-0.3, -0.25) is 4.79 Å². The molecule has 3 heterocycles. The number of ether oxygens (including phenoxy) is 1. The monoisotopic (exact) mass is 365 g/mol. The molecule has 1 aromatic rings. The van der Waals surface area contributed by atoms with E-state index in [1.807, 2.05) is 11.0 Å². The molecular weight excluding hydrogens is 340 g/mol. The number of alkyl halides is 2. The van der Waals surface area contributed by atoms with Crippen molar-refractivity contribution in [3.8, 4) is 5.75 Å². The topological polar surface area (TPSA) is 53.6 Å². The molecule has 5 nitrogen and oxygen atoms in total. The van der Waals surface area contributed by atoms with Crippen molar-refractivity contribution in [3.05, 3.63) is 29.3 Å². The second kappa shape index (κ2) is 7.12. The van der Waals surface area contributed by atoms with Crippen molar-refractivity contribution in [2.75, 3.05) is 26.2 Å². The fourth-order valence-corrected chi connectivity index (χ4v) is 4.11. The maximum absolute atomic E-state index is 13.5. The summed E-state index contributed by atoms with van der Waals surface area (Å²) in [5.41, 5.74) is 1.69. The Bertz CT molecular complexity index is 677. The van der Waals surface area contributed by atoms with E-state index < -0.39 is 5.92 Å². The zero-order valence-corrected chi connectivity index (χ0v) is 14.8. The van der Waals surface area contributed by atoms with E-state index in [1.54, 1.807) is 12.1 Å². The molecule has 2 unspecified atom stereocenters. The van der Waals surface area contributed by atoms with Crippen molar-refractivity contribution < 1.29 is 18.3 Å². The van der Waals surface area contributed by atoms with Gasteiger partial charge in [0.25, 0.3) is 11.8 Å². The molecule has 0 bridgehead atoms. The summed E-state index contributed by atoms with van der Waals surface area (Å²) in [7, 11) is 0. The van der Waals surface area contributed by atoms with Crippen LogP contribution in [0, 0.1) is 0 Å². The van der Waals surface area contributed by atoms with Gasteiger partial charge in [-0.05, 0) is 43.1 Å². The lowest BCUT2D eigenvalue weighted by Gasteiger charge is -2.31. The standard InChI is InChI=1S/C19H25F2N3O2/c20-19(21)5-7-23-14(9-19)12-26-16-3-4-17-13(8-16)11-24(18(17)25)15-2-1-6-22-10-15/h3-4,8,14-15,22-23H,1-2,5-7,9-12H2. The van der Waals surface area contributed by atoms with Gasteiger partial charge in [0, 0.05) is 50.1 Å². The molecule has 3 aliphatic rings. The highest BCUT2D eigenvalue weighted by Gasteiger charge is 2.36. The summed E-state index contributed by atoms with van der Waals surface area (Å²) in [4.78, 5) is 14.6. The Balaban J connectivity index is 1.38. The number of nitrogens with one attached hydrogen (secondary N) is 2. The molecule has 3 aliphatic heterocycles. The van der Waals surface area contributed by atoms with E-state index in [2.05, 4.69) is 10.6 Å². The summed E-state index contributed by atoms with van der Waals surface area (Å²) >= 11 is 0. The fourth-order valence-electron chi connectivity index (χ4n) is 4.11. The number of benzene rings is 1. The van der Waals surface area contributed by atoms with Crippen LogP contribution in [0.25, 0.3) is 0 Å². The zero-order chi connectivity index (χ0) is 18.1. The first kappa shape index (κ1) is 17.7. The number of amides is 1. The van der Waals surface area contributed by atoms with Gasteiger partial charge in [0.05, 0.1) is 0 Å². The van der Waals surface area contributed by atoms with E-state index in [1.165, 1.54) is 0 Å². The molecule has 2 N–H and O–H groups in total. The molecule has 0 saturated carbocycles. The Morgan fingerprint density at radius 3 is 2.96 bits per heavy atom. The third-order valence-corrected chi connectivity index (χ3v) is 5.54. The van der Waals surface area contributed by atoms with Crippen molar-refractivity contribution in [1.29, 1.82) is 0 Å². The van der Waals surface area contributed by atoms with Crippen molar-refractivity contribution in [3.63, 3.8) is 0 Å². The van der Waals surface area contributed by atoms with Crippen molar-refractivity contribution >= 4 is 5.91 Å². The van der Waals surface area contributed by atoms with Gasteiger partial charge in [0.1, 0.15) is 12.4 Å². The second-order valence-corrected chi connectivity index (χ2v) is 7.52. The third-order valence-electron chi connectivity index (χ3n) is 5.54. The summed E-state index contributed by atoms with van der Waals surface area (Å²) in [5, 5.41) is 6.43. The lowest BCUT2D eigenvalue weighted by atomic mass is 10.0. The van der Waals surface area contributed by atoms with E-state index in [0.29, 0.717) is 18.8 Å². The van der Waals surface area contributed by atoms with Gasteiger partial charge in [-0.1, -0.05) is 0 Å². The molecular formula is C19H25F2N3O2. The molecule has 1 amide bonds. The Hall–Kier alpha value is -1.73. The molecule has 2 fully saturated rings. The highest BCUT2D eigenvalue weighted by molar-refractivity contribution is 5.98. The summed E-state index contributed by atoms with van der Waals surface area (Å²) in [6, 6.07) is 5.33. The van der Waals surface area contributed by atoms with E-state index in [0.717, 1.165) is 37.1 Å². The molecule has 1 aromatic carbocycles. The largest absolute Gasteiger partial charge is 0.492 e. The SMILES string of the molecule is O=C1c2ccc(OCC3CC(F)(F)CCN3)cc2CN1C1CCCNC1. The average Bonchev–Trinajstić information content (AvgIpc) is 2.96. The number of rotatable bonds is 4. The molecule has 0 radical (unpaired) electrons. The summed E-state index contributed by atoms with van der Waals surface area (Å²) in [5.74, 6) is -1.90. The quantitative estimate of drug-likeness (QED) is 0.859. The first-order valence-corrected chi connectivity index (χ1v) is 9.40. The van der Waals surface area contributed by atoms with Crippen LogP contribution in [0.5, 0.6) is 5.75 Å². The number of hydrogen-bond acceptors (Lipinski definition) is 4. The zero-order valence-electron chi connectivity index (χ0n) is 14.8. The number of carbonyl (C=O) groups is 1. The number of carbonyl (C=O) groups excluding carboxylic acids is 1. The minimum Gasteiger partial charge on any atom is -0.492 e. The van der Waals surface area contributed by atoms with E-state index in [4.69, 9.17) is 4.74 Å². The van der Waals surface area contributed by atoms with Crippen LogP contribution < -0.4 is 15.4 Å². The van der Waals surface area contributed by atoms with Gasteiger partial charge >= 0.3 is 0 Å². The van der Waals surface area contributed by atoms with Gasteiger partial charge in [0.15, 0.2) is 0 Å². The summed E-state index contributed by atoms with van der Waals surface area (Å²) < 4.78 is 32.7. The second-order valence-electron chi connectivity index (χ2n) is 7.52. The number of nitrogens with zero attached hydrogens (tertiary/aromatic N) is 1. The molecule has 0 aliphatic carbocycles. The van der Waals surface area contributed by atoms with Crippen LogP contribution in [-0.2, 0) is 6.54 Å². The molecule has 2 atom stereocenters. The van der Waals surface area contributed by atoms with Gasteiger partial charge < -0.3 is 20.3 Å². The molecule has 142 valence electrons. The molecule has 0 aromatic heterocycles. The Labute approximate surface area is 152 Å². The van der Waals surface area contributed by atoms with Crippen molar-refractivity contribution in [2.45, 2.75) is 50.2 Å². The van der Waals surface area contributed by atoms with E-state index >= 15 is 0 Å². The van der Waals surface area contributed by atoms with Crippen LogP contribution in [0.2, 0.25) is 0 Å². The van der Waals surface area contributed by atoms with Crippen molar-refractivity contribution in [2.24, 2.45) is 0 Å². The first-order valence-electron chi connectivity index (χ1n) is 9.40. The predicted molar refractivity (Wildman–Crippen MR) is 93.7 cm³/mol. The van der Waals surface area contributed by atoms with Crippen LogP contribution in [-0.4, -0.2) is 55.1 Å². The maximum Gasteiger partial charge on any atom is 0.254 e. The number of hydrogen-bond donors (Lipinski definition) is 2. The van der Waals surface area contributed by atoms with Crippen LogP contribution in [0.3, 0.4) is 0 Å². The average molecular weight is 365 g/mol. The van der Waals surface area contributed by atoms with Crippen LogP contribution in [0.4, 0.5) is 8.78 Å². The Kier molecular flexibility index (Phi) is 4.84. The van der Waals surface area contributed by atoms with Crippen LogP contribution >= 0.6 is 0 Å². The fraction of sp³-hybridized carbons (Fsp3) is 0.632. The normalized spacial score (nSPS) is 28.1. The lowest BCUT2D eigenvalue weighted by Crippen LogP contribution is -2.46. The Morgan fingerprint density at radius 1 is 1.31 bits per heavy atom. The van der Waals surface area contributed by atoms with Crippen LogP contribution in [0.1, 0.15) is 41.6 Å². The Morgan fingerprint density at radius 2 is 2.19 bits per heavy atom. The lowest BCUT2D eigenvalue weighted by molar-refractivity contribution is -0.0459. The maximum atomic E-state index is 13.5. The summed E-state index contributed by atoms with van der Waals surface area (Å²) in [6.07, 6.45) is 1.80. The summed E-state index contributed by atoms with van der Waals surface area (Å²) in [6.45, 7) is 2.96. The molecule has 0 spiro atoms. The number of piperidine rings is 2. The molecule has 26 heavy (non-hydrogen) atoms. The highest BCUT2D eigenvalue weighted by atomic mass is 19.3. The molecule has 2 saturated heterocycles. The van der Waals surface area contributed by atoms with Gasteiger partial charge in [-0.2, -0.15) is 0 Å². The highest BCUT2D eigenvalue weighted by Crippen LogP contribution is 2.31. The smallest absolute Gasteiger partial charge is 0.254 e. The van der Waals surface area contributed by atoms with Gasteiger partial charge in [-0.25, -0.2) is 8.78 Å². The number of halogens is 2. The van der Waals surface area contributed by atoms with E-state index in [9.17, 15) is 13.6 Å². The van der Waals surface area contributed by atoms with Gasteiger partial charge in [-0.15, -0.1) is 0 Å². The predicted octanol–water partition coefficient (Wildman–Crippen LogP) is 2.16. The first-order chi connectivity index (χ1) is 12.5. The van der Waals surface area contributed by atoms with E-state index in [-0.39, 0.29) is 37.4 Å². The minimum absolute atomic E-state index is 0.0776.